The van der Waals surface area contributed by atoms with Crippen molar-refractivity contribution in [3.63, 3.8) is 0 Å². The molecule has 30 heavy (non-hydrogen) atoms. The summed E-state index contributed by atoms with van der Waals surface area (Å²) in [5.74, 6) is 0.142. The van der Waals surface area contributed by atoms with Crippen LogP contribution in [0.2, 0.25) is 0 Å². The highest BCUT2D eigenvalue weighted by atomic mass is 79.9. The quantitative estimate of drug-likeness (QED) is 0.363. The predicted octanol–water partition coefficient (Wildman–Crippen LogP) is 5.34. The number of halogens is 1. The molecular formula is C22H16BrN3O3S. The van der Waals surface area contributed by atoms with Crippen molar-refractivity contribution in [3.05, 3.63) is 98.9 Å². The van der Waals surface area contributed by atoms with E-state index in [9.17, 15) is 9.59 Å². The van der Waals surface area contributed by atoms with Gasteiger partial charge in [-0.2, -0.15) is 0 Å². The smallest absolute Gasteiger partial charge is 0.321 e. The van der Waals surface area contributed by atoms with Gasteiger partial charge in [-0.05, 0) is 42.0 Å². The third-order valence-electron chi connectivity index (χ3n) is 4.27. The van der Waals surface area contributed by atoms with Gasteiger partial charge in [0.15, 0.2) is 5.82 Å². The van der Waals surface area contributed by atoms with Gasteiger partial charge in [-0.15, -0.1) is 11.8 Å². The topological polar surface area (TPSA) is 88.0 Å². The molecule has 0 fully saturated rings. The Labute approximate surface area is 184 Å². The van der Waals surface area contributed by atoms with Crippen LogP contribution in [0.1, 0.15) is 15.9 Å². The first-order valence-electron chi connectivity index (χ1n) is 9.02. The lowest BCUT2D eigenvalue weighted by molar-refractivity contribution is 0.102. The number of carbonyl (C=O) groups excluding carboxylic acids is 1. The van der Waals surface area contributed by atoms with Gasteiger partial charge in [-0.3, -0.25) is 14.3 Å². The van der Waals surface area contributed by atoms with Gasteiger partial charge >= 0.3 is 5.76 Å². The summed E-state index contributed by atoms with van der Waals surface area (Å²) in [6.45, 7) is 0. The fourth-order valence-corrected chi connectivity index (χ4v) is 4.10. The number of benzene rings is 3. The molecule has 0 radical (unpaired) electrons. The number of nitrogens with zero attached hydrogens (tertiary/aromatic N) is 1. The third kappa shape index (κ3) is 4.90. The van der Waals surface area contributed by atoms with Crippen molar-refractivity contribution in [1.82, 2.24) is 10.1 Å². The minimum Gasteiger partial charge on any atom is -0.321 e. The Bertz CT molecular complexity index is 1240. The Hall–Kier alpha value is -3.10. The highest BCUT2D eigenvalue weighted by Gasteiger charge is 2.14. The highest BCUT2D eigenvalue weighted by Crippen LogP contribution is 2.29. The molecule has 1 aromatic heterocycles. The first kappa shape index (κ1) is 20.2. The molecule has 0 atom stereocenters. The molecule has 8 heteroatoms. The molecule has 4 aromatic rings. The van der Waals surface area contributed by atoms with E-state index in [-0.39, 0.29) is 11.7 Å². The number of aromatic nitrogens is 2. The summed E-state index contributed by atoms with van der Waals surface area (Å²) < 4.78 is 5.37. The van der Waals surface area contributed by atoms with Crippen molar-refractivity contribution < 1.29 is 9.32 Å². The molecule has 0 spiro atoms. The van der Waals surface area contributed by atoms with Crippen molar-refractivity contribution in [2.75, 3.05) is 5.32 Å². The van der Waals surface area contributed by atoms with Gasteiger partial charge in [-0.1, -0.05) is 57.5 Å². The van der Waals surface area contributed by atoms with Crippen LogP contribution in [-0.2, 0) is 5.75 Å². The zero-order valence-electron chi connectivity index (χ0n) is 15.6. The molecule has 0 aliphatic heterocycles. The van der Waals surface area contributed by atoms with Crippen LogP contribution in [0, 0.1) is 0 Å². The molecule has 0 aliphatic carbocycles. The SMILES string of the molecule is O=C(Nc1ccc(Br)cc1-c1noc(=O)[nH]1)c1cccc(SCc2ccccc2)c1. The summed E-state index contributed by atoms with van der Waals surface area (Å²) >= 11 is 5.06. The zero-order valence-corrected chi connectivity index (χ0v) is 18.0. The van der Waals surface area contributed by atoms with Crippen LogP contribution in [-0.4, -0.2) is 16.0 Å². The monoisotopic (exact) mass is 481 g/mol. The first-order valence-corrected chi connectivity index (χ1v) is 10.8. The lowest BCUT2D eigenvalue weighted by Crippen LogP contribution is -2.13. The Balaban J connectivity index is 1.53. The van der Waals surface area contributed by atoms with Gasteiger partial charge in [0.05, 0.1) is 5.69 Å². The van der Waals surface area contributed by atoms with E-state index < -0.39 is 5.76 Å². The normalized spacial score (nSPS) is 10.7. The number of H-pyrrole nitrogens is 1. The number of rotatable bonds is 6. The van der Waals surface area contributed by atoms with E-state index in [2.05, 4.69) is 48.0 Å². The van der Waals surface area contributed by atoms with Crippen molar-refractivity contribution >= 4 is 39.3 Å². The number of thioether (sulfide) groups is 1. The summed E-state index contributed by atoms with van der Waals surface area (Å²) in [4.78, 5) is 27.7. The second-order valence-corrected chi connectivity index (χ2v) is 8.35. The Morgan fingerprint density at radius 3 is 2.67 bits per heavy atom. The van der Waals surface area contributed by atoms with Gasteiger partial charge in [-0.25, -0.2) is 4.79 Å². The van der Waals surface area contributed by atoms with Crippen molar-refractivity contribution in [2.24, 2.45) is 0 Å². The highest BCUT2D eigenvalue weighted by molar-refractivity contribution is 9.10. The standard InChI is InChI=1S/C22H16BrN3O3S/c23-16-9-10-19(18(12-16)20-25-22(28)29-26-20)24-21(27)15-7-4-8-17(11-15)30-13-14-5-2-1-3-6-14/h1-12H,13H2,(H,24,27)(H,25,26,28). The number of nitrogens with one attached hydrogen (secondary N) is 2. The maximum atomic E-state index is 12.9. The summed E-state index contributed by atoms with van der Waals surface area (Å²) in [5, 5.41) is 6.61. The molecule has 0 aliphatic rings. The molecule has 3 aromatic carbocycles. The Morgan fingerprint density at radius 2 is 1.90 bits per heavy atom. The minimum atomic E-state index is -0.662. The fraction of sp³-hybridized carbons (Fsp3) is 0.0455. The van der Waals surface area contributed by atoms with Crippen LogP contribution in [0.15, 0.2) is 91.5 Å². The summed E-state index contributed by atoms with van der Waals surface area (Å²) in [7, 11) is 0. The minimum absolute atomic E-state index is 0.240. The Kier molecular flexibility index (Phi) is 6.15. The maximum Gasteiger partial charge on any atom is 0.439 e. The van der Waals surface area contributed by atoms with E-state index in [1.54, 1.807) is 36.0 Å². The van der Waals surface area contributed by atoms with E-state index in [0.717, 1.165) is 15.1 Å². The van der Waals surface area contributed by atoms with Crippen LogP contribution >= 0.6 is 27.7 Å². The van der Waals surface area contributed by atoms with Gasteiger partial charge < -0.3 is 5.32 Å². The molecule has 1 heterocycles. The van der Waals surface area contributed by atoms with Crippen molar-refractivity contribution in [2.45, 2.75) is 10.6 Å². The predicted molar refractivity (Wildman–Crippen MR) is 121 cm³/mol. The van der Waals surface area contributed by atoms with Crippen LogP contribution in [0.25, 0.3) is 11.4 Å². The molecule has 0 unspecified atom stereocenters. The van der Waals surface area contributed by atoms with Gasteiger partial charge in [0, 0.05) is 26.2 Å². The van der Waals surface area contributed by atoms with Crippen LogP contribution < -0.4 is 11.1 Å². The number of amides is 1. The van der Waals surface area contributed by atoms with E-state index in [1.807, 2.05) is 36.4 Å². The summed E-state index contributed by atoms with van der Waals surface area (Å²) in [6.07, 6.45) is 0. The largest absolute Gasteiger partial charge is 0.439 e. The maximum absolute atomic E-state index is 12.9. The Morgan fingerprint density at radius 1 is 1.07 bits per heavy atom. The molecule has 0 saturated heterocycles. The molecule has 1 amide bonds. The average Bonchev–Trinajstić information content (AvgIpc) is 3.20. The molecule has 6 nitrogen and oxygen atoms in total. The van der Waals surface area contributed by atoms with E-state index >= 15 is 0 Å². The van der Waals surface area contributed by atoms with E-state index in [4.69, 9.17) is 0 Å². The van der Waals surface area contributed by atoms with Gasteiger partial charge in [0.1, 0.15) is 0 Å². The van der Waals surface area contributed by atoms with Crippen LogP contribution in [0.4, 0.5) is 5.69 Å². The van der Waals surface area contributed by atoms with Crippen molar-refractivity contribution in [1.29, 1.82) is 0 Å². The van der Waals surface area contributed by atoms with Gasteiger partial charge in [0.2, 0.25) is 0 Å². The van der Waals surface area contributed by atoms with Crippen molar-refractivity contribution in [3.8, 4) is 11.4 Å². The molecule has 2 N–H and O–H groups in total. The summed E-state index contributed by atoms with van der Waals surface area (Å²) in [5.41, 5.74) is 2.81. The number of hydrogen-bond donors (Lipinski definition) is 2. The summed E-state index contributed by atoms with van der Waals surface area (Å²) in [6, 6.07) is 22.9. The van der Waals surface area contributed by atoms with Crippen LogP contribution in [0.5, 0.6) is 0 Å². The number of hydrogen-bond acceptors (Lipinski definition) is 5. The number of carbonyl (C=O) groups is 1. The number of aromatic amines is 1. The van der Waals surface area contributed by atoms with E-state index in [0.29, 0.717) is 16.8 Å². The number of anilines is 1. The second kappa shape index (κ2) is 9.15. The van der Waals surface area contributed by atoms with E-state index in [1.165, 1.54) is 5.56 Å². The lowest BCUT2D eigenvalue weighted by Gasteiger charge is -2.10. The molecule has 0 saturated carbocycles. The molecular weight excluding hydrogens is 466 g/mol. The zero-order chi connectivity index (χ0) is 20.9. The average molecular weight is 482 g/mol. The van der Waals surface area contributed by atoms with Gasteiger partial charge in [0.25, 0.3) is 5.91 Å². The van der Waals surface area contributed by atoms with Crippen LogP contribution in [0.3, 0.4) is 0 Å². The third-order valence-corrected chi connectivity index (χ3v) is 5.83. The fourth-order valence-electron chi connectivity index (χ4n) is 2.83. The molecule has 150 valence electrons. The first-order chi connectivity index (χ1) is 14.6. The molecule has 4 rings (SSSR count). The lowest BCUT2D eigenvalue weighted by atomic mass is 10.1. The second-order valence-electron chi connectivity index (χ2n) is 6.39. The molecule has 0 bridgehead atoms.